The first-order chi connectivity index (χ1) is 12.2. The van der Waals surface area contributed by atoms with E-state index in [1.807, 2.05) is 18.5 Å². The minimum atomic E-state index is -0.136. The van der Waals surface area contributed by atoms with Gasteiger partial charge in [-0.25, -0.2) is 5.43 Å². The molecule has 0 radical (unpaired) electrons. The number of likely N-dealkylation sites (tertiary alicyclic amines) is 1. The summed E-state index contributed by atoms with van der Waals surface area (Å²) in [6.45, 7) is 6.05. The van der Waals surface area contributed by atoms with Crippen molar-refractivity contribution in [3.05, 3.63) is 30.1 Å². The van der Waals surface area contributed by atoms with E-state index in [1.54, 1.807) is 0 Å². The van der Waals surface area contributed by atoms with Gasteiger partial charge in [0.1, 0.15) is 0 Å². The Bertz CT molecular complexity index is 532. The second-order valence-electron chi connectivity index (χ2n) is 7.13. The molecule has 1 aromatic heterocycles. The summed E-state index contributed by atoms with van der Waals surface area (Å²) in [5.41, 5.74) is 13.2. The second kappa shape index (κ2) is 9.24. The summed E-state index contributed by atoms with van der Waals surface area (Å²) in [5.74, 6) is 0.472. The third kappa shape index (κ3) is 5.22. The first-order valence-corrected chi connectivity index (χ1v) is 9.34. The number of hydrogen-bond acceptors (Lipinski definition) is 6. The maximum Gasteiger partial charge on any atom is 0.220 e. The van der Waals surface area contributed by atoms with Gasteiger partial charge in [-0.1, -0.05) is 6.07 Å². The van der Waals surface area contributed by atoms with E-state index in [-0.39, 0.29) is 11.8 Å². The number of hydrogen-bond donors (Lipinski definition) is 4. The lowest BCUT2D eigenvalue weighted by Gasteiger charge is -2.30. The molecule has 138 valence electrons. The van der Waals surface area contributed by atoms with E-state index >= 15 is 0 Å². The molecule has 0 aromatic carbocycles. The van der Waals surface area contributed by atoms with Crippen molar-refractivity contribution < 1.29 is 4.79 Å². The summed E-state index contributed by atoms with van der Waals surface area (Å²) in [7, 11) is 0. The normalized spacial score (nSPS) is 25.3. The van der Waals surface area contributed by atoms with Crippen molar-refractivity contribution in [2.75, 3.05) is 39.3 Å². The van der Waals surface area contributed by atoms with Gasteiger partial charge in [0.05, 0.1) is 6.04 Å². The summed E-state index contributed by atoms with van der Waals surface area (Å²) in [6, 6.07) is 4.43. The SMILES string of the molecule is NC(=O)C1CCN(CCCNCC2CNNC2c2cccnc2)CC1. The van der Waals surface area contributed by atoms with Gasteiger partial charge in [0.15, 0.2) is 0 Å². The standard InChI is InChI=1S/C18H30N6O/c19-18(25)14-4-9-24(10-5-14)8-2-7-21-12-16-13-22-23-17(16)15-3-1-6-20-11-15/h1,3,6,11,14,16-17,21-23H,2,4-5,7-10,12-13H2,(H2,19,25). The molecule has 2 saturated heterocycles. The van der Waals surface area contributed by atoms with Gasteiger partial charge in [-0.15, -0.1) is 0 Å². The minimum absolute atomic E-state index is 0.0844. The molecule has 3 rings (SSSR count). The van der Waals surface area contributed by atoms with Crippen LogP contribution in [0.15, 0.2) is 24.5 Å². The number of amides is 1. The van der Waals surface area contributed by atoms with Crippen molar-refractivity contribution in [1.82, 2.24) is 26.1 Å². The molecule has 7 nitrogen and oxygen atoms in total. The molecule has 5 N–H and O–H groups in total. The van der Waals surface area contributed by atoms with E-state index in [4.69, 9.17) is 5.73 Å². The van der Waals surface area contributed by atoms with Crippen LogP contribution in [0, 0.1) is 11.8 Å². The molecule has 7 heteroatoms. The van der Waals surface area contributed by atoms with Crippen LogP contribution in [-0.4, -0.2) is 55.1 Å². The van der Waals surface area contributed by atoms with E-state index in [1.165, 1.54) is 5.56 Å². The fourth-order valence-electron chi connectivity index (χ4n) is 3.80. The van der Waals surface area contributed by atoms with Crippen molar-refractivity contribution in [3.63, 3.8) is 0 Å². The number of aromatic nitrogens is 1. The molecule has 3 heterocycles. The number of pyridine rings is 1. The van der Waals surface area contributed by atoms with Crippen molar-refractivity contribution in [1.29, 1.82) is 0 Å². The van der Waals surface area contributed by atoms with Gasteiger partial charge in [0.25, 0.3) is 0 Å². The lowest BCUT2D eigenvalue weighted by Crippen LogP contribution is -2.39. The average molecular weight is 346 g/mol. The second-order valence-corrected chi connectivity index (χ2v) is 7.13. The zero-order valence-corrected chi connectivity index (χ0v) is 14.8. The van der Waals surface area contributed by atoms with Crippen molar-refractivity contribution in [2.24, 2.45) is 17.6 Å². The lowest BCUT2D eigenvalue weighted by atomic mass is 9.96. The Balaban J connectivity index is 1.30. The summed E-state index contributed by atoms with van der Waals surface area (Å²) >= 11 is 0. The molecule has 2 aliphatic rings. The summed E-state index contributed by atoms with van der Waals surface area (Å²) in [6.07, 6.45) is 6.70. The molecule has 2 atom stereocenters. The molecule has 0 bridgehead atoms. The third-order valence-corrected chi connectivity index (χ3v) is 5.36. The summed E-state index contributed by atoms with van der Waals surface area (Å²) in [5, 5.41) is 3.59. The molecule has 1 aromatic rings. The van der Waals surface area contributed by atoms with Crippen LogP contribution in [0.3, 0.4) is 0 Å². The highest BCUT2D eigenvalue weighted by molar-refractivity contribution is 5.76. The molecular weight excluding hydrogens is 316 g/mol. The monoisotopic (exact) mass is 346 g/mol. The number of nitrogens with two attached hydrogens (primary N) is 1. The zero-order valence-electron chi connectivity index (χ0n) is 14.8. The maximum absolute atomic E-state index is 11.2. The Kier molecular flexibility index (Phi) is 6.75. The van der Waals surface area contributed by atoms with Crippen LogP contribution in [0.1, 0.15) is 30.9 Å². The van der Waals surface area contributed by atoms with Gasteiger partial charge in [0, 0.05) is 37.3 Å². The number of rotatable bonds is 8. The van der Waals surface area contributed by atoms with Gasteiger partial charge in [-0.2, -0.15) is 0 Å². The topological polar surface area (TPSA) is 95.3 Å². The van der Waals surface area contributed by atoms with Crippen LogP contribution >= 0.6 is 0 Å². The molecule has 0 spiro atoms. The first-order valence-electron chi connectivity index (χ1n) is 9.34. The van der Waals surface area contributed by atoms with Crippen molar-refractivity contribution in [3.8, 4) is 0 Å². The van der Waals surface area contributed by atoms with E-state index in [0.29, 0.717) is 12.0 Å². The predicted octanol–water partition coefficient (Wildman–Crippen LogP) is 0.0237. The average Bonchev–Trinajstić information content (AvgIpc) is 3.11. The molecule has 1 amide bonds. The number of carbonyl (C=O) groups excluding carboxylic acids is 1. The summed E-state index contributed by atoms with van der Waals surface area (Å²) in [4.78, 5) is 17.9. The van der Waals surface area contributed by atoms with Gasteiger partial charge in [-0.05, 0) is 57.1 Å². The van der Waals surface area contributed by atoms with Crippen LogP contribution in [0.5, 0.6) is 0 Å². The Morgan fingerprint density at radius 3 is 2.96 bits per heavy atom. The van der Waals surface area contributed by atoms with E-state index in [2.05, 4.69) is 32.1 Å². The van der Waals surface area contributed by atoms with Gasteiger partial charge in [0.2, 0.25) is 5.91 Å². The molecule has 2 fully saturated rings. The summed E-state index contributed by atoms with van der Waals surface area (Å²) < 4.78 is 0. The maximum atomic E-state index is 11.2. The number of hydrazine groups is 1. The largest absolute Gasteiger partial charge is 0.369 e. The van der Waals surface area contributed by atoms with Crippen molar-refractivity contribution in [2.45, 2.75) is 25.3 Å². The van der Waals surface area contributed by atoms with E-state index in [0.717, 1.165) is 58.5 Å². The molecule has 2 unspecified atom stereocenters. The van der Waals surface area contributed by atoms with Gasteiger partial charge in [-0.3, -0.25) is 15.2 Å². The third-order valence-electron chi connectivity index (χ3n) is 5.36. The highest BCUT2D eigenvalue weighted by Gasteiger charge is 2.28. The Morgan fingerprint density at radius 2 is 2.24 bits per heavy atom. The van der Waals surface area contributed by atoms with Crippen LogP contribution < -0.4 is 21.9 Å². The number of primary amides is 1. The smallest absolute Gasteiger partial charge is 0.220 e. The molecule has 25 heavy (non-hydrogen) atoms. The number of piperidine rings is 1. The minimum Gasteiger partial charge on any atom is -0.369 e. The lowest BCUT2D eigenvalue weighted by molar-refractivity contribution is -0.123. The fourth-order valence-corrected chi connectivity index (χ4v) is 3.80. The van der Waals surface area contributed by atoms with Crippen LogP contribution in [0.4, 0.5) is 0 Å². The Morgan fingerprint density at radius 1 is 1.40 bits per heavy atom. The molecule has 0 aliphatic carbocycles. The highest BCUT2D eigenvalue weighted by Crippen LogP contribution is 2.23. The van der Waals surface area contributed by atoms with Crippen LogP contribution in [0.25, 0.3) is 0 Å². The number of nitrogens with one attached hydrogen (secondary N) is 3. The number of carbonyl (C=O) groups is 1. The van der Waals surface area contributed by atoms with Gasteiger partial charge < -0.3 is 16.0 Å². The molecule has 2 aliphatic heterocycles. The van der Waals surface area contributed by atoms with Gasteiger partial charge >= 0.3 is 0 Å². The van der Waals surface area contributed by atoms with E-state index < -0.39 is 0 Å². The van der Waals surface area contributed by atoms with Crippen LogP contribution in [0.2, 0.25) is 0 Å². The Hall–Kier alpha value is -1.54. The molecular formula is C18H30N6O. The Labute approximate surface area is 149 Å². The first kappa shape index (κ1) is 18.3. The molecule has 0 saturated carbocycles. The zero-order chi connectivity index (χ0) is 17.5. The highest BCUT2D eigenvalue weighted by atomic mass is 16.1. The van der Waals surface area contributed by atoms with Crippen molar-refractivity contribution >= 4 is 5.91 Å². The number of nitrogens with zero attached hydrogens (tertiary/aromatic N) is 2. The predicted molar refractivity (Wildman–Crippen MR) is 97.5 cm³/mol. The van der Waals surface area contributed by atoms with Crippen LogP contribution in [-0.2, 0) is 4.79 Å². The van der Waals surface area contributed by atoms with E-state index in [9.17, 15) is 4.79 Å². The quantitative estimate of drug-likeness (QED) is 0.496. The fraction of sp³-hybridized carbons (Fsp3) is 0.667.